The van der Waals surface area contributed by atoms with Crippen molar-refractivity contribution in [3.8, 4) is 6.07 Å². The van der Waals surface area contributed by atoms with Crippen molar-refractivity contribution in [3.05, 3.63) is 47.0 Å². The number of hydrogen-bond acceptors (Lipinski definition) is 2. The second-order valence-electron chi connectivity index (χ2n) is 5.52. The van der Waals surface area contributed by atoms with E-state index in [-0.39, 0.29) is 24.0 Å². The third-order valence-electron chi connectivity index (χ3n) is 3.86. The van der Waals surface area contributed by atoms with Gasteiger partial charge in [-0.3, -0.25) is 4.99 Å². The fourth-order valence-corrected chi connectivity index (χ4v) is 2.63. The van der Waals surface area contributed by atoms with Crippen molar-refractivity contribution in [2.24, 2.45) is 4.99 Å². The van der Waals surface area contributed by atoms with E-state index in [0.29, 0.717) is 12.1 Å². The van der Waals surface area contributed by atoms with Crippen LogP contribution in [0.3, 0.4) is 0 Å². The van der Waals surface area contributed by atoms with Crippen LogP contribution in [0.5, 0.6) is 0 Å². The Balaban J connectivity index is 0.00000264. The molecule has 23 heavy (non-hydrogen) atoms. The first-order valence-corrected chi connectivity index (χ1v) is 7.93. The molecule has 0 saturated heterocycles. The lowest BCUT2D eigenvalue weighted by Gasteiger charge is -2.15. The van der Waals surface area contributed by atoms with Gasteiger partial charge >= 0.3 is 0 Å². The van der Waals surface area contributed by atoms with Gasteiger partial charge in [-0.1, -0.05) is 23.8 Å². The van der Waals surface area contributed by atoms with Gasteiger partial charge in [0.05, 0.1) is 11.6 Å². The van der Waals surface area contributed by atoms with Gasteiger partial charge in [-0.05, 0) is 49.8 Å². The predicted molar refractivity (Wildman–Crippen MR) is 106 cm³/mol. The first-order valence-electron chi connectivity index (χ1n) is 7.93. The predicted octanol–water partition coefficient (Wildman–Crippen LogP) is 3.73. The Hall–Kier alpha value is -1.55. The van der Waals surface area contributed by atoms with Crippen LogP contribution in [-0.2, 0) is 6.54 Å². The SMILES string of the molecule is CN=C(NCCC1=CCCCC1)NCc1cccc(C#N)c1.I. The van der Waals surface area contributed by atoms with Gasteiger partial charge in [0.1, 0.15) is 0 Å². The van der Waals surface area contributed by atoms with E-state index in [0.717, 1.165) is 24.5 Å². The maximum Gasteiger partial charge on any atom is 0.191 e. The minimum Gasteiger partial charge on any atom is -0.356 e. The number of nitriles is 1. The maximum absolute atomic E-state index is 8.91. The van der Waals surface area contributed by atoms with Crippen LogP contribution < -0.4 is 10.6 Å². The fraction of sp³-hybridized carbons (Fsp3) is 0.444. The molecule has 0 saturated carbocycles. The number of guanidine groups is 1. The molecule has 2 N–H and O–H groups in total. The van der Waals surface area contributed by atoms with Crippen LogP contribution in [0.4, 0.5) is 0 Å². The number of halogens is 1. The highest BCUT2D eigenvalue weighted by molar-refractivity contribution is 14.0. The first-order chi connectivity index (χ1) is 10.8. The molecule has 2 rings (SSSR count). The number of nitrogens with one attached hydrogen (secondary N) is 2. The van der Waals surface area contributed by atoms with Crippen molar-refractivity contribution in [2.45, 2.75) is 38.6 Å². The molecule has 1 aromatic rings. The topological polar surface area (TPSA) is 60.2 Å². The van der Waals surface area contributed by atoms with Gasteiger partial charge in [-0.15, -0.1) is 24.0 Å². The van der Waals surface area contributed by atoms with E-state index < -0.39 is 0 Å². The Bertz CT molecular complexity index is 587. The summed E-state index contributed by atoms with van der Waals surface area (Å²) in [7, 11) is 1.78. The Labute approximate surface area is 156 Å². The van der Waals surface area contributed by atoms with Crippen LogP contribution in [0.2, 0.25) is 0 Å². The summed E-state index contributed by atoms with van der Waals surface area (Å²) in [4.78, 5) is 4.24. The Morgan fingerprint density at radius 2 is 2.17 bits per heavy atom. The number of hydrogen-bond donors (Lipinski definition) is 2. The van der Waals surface area contributed by atoms with Crippen molar-refractivity contribution < 1.29 is 0 Å². The molecule has 0 aliphatic heterocycles. The minimum atomic E-state index is 0. The summed E-state index contributed by atoms with van der Waals surface area (Å²) in [6.07, 6.45) is 8.61. The summed E-state index contributed by atoms with van der Waals surface area (Å²) in [6.45, 7) is 1.57. The molecule has 124 valence electrons. The van der Waals surface area contributed by atoms with E-state index in [1.165, 1.54) is 25.7 Å². The molecule has 0 fully saturated rings. The lowest BCUT2D eigenvalue weighted by atomic mass is 9.97. The molecule has 0 unspecified atom stereocenters. The van der Waals surface area contributed by atoms with Crippen LogP contribution in [0.1, 0.15) is 43.2 Å². The number of aliphatic imine (C=N–C) groups is 1. The van der Waals surface area contributed by atoms with Crippen LogP contribution >= 0.6 is 24.0 Å². The molecular formula is C18H25IN4. The molecule has 0 bridgehead atoms. The van der Waals surface area contributed by atoms with Crippen LogP contribution in [0.25, 0.3) is 0 Å². The number of benzene rings is 1. The summed E-state index contributed by atoms with van der Waals surface area (Å²) in [5.74, 6) is 0.804. The quantitative estimate of drug-likeness (QED) is 0.328. The Morgan fingerprint density at radius 3 is 2.87 bits per heavy atom. The summed E-state index contributed by atoms with van der Waals surface area (Å²) in [6, 6.07) is 9.78. The van der Waals surface area contributed by atoms with Gasteiger partial charge in [-0.25, -0.2) is 0 Å². The Morgan fingerprint density at radius 1 is 1.30 bits per heavy atom. The molecular weight excluding hydrogens is 399 g/mol. The molecule has 0 atom stereocenters. The first kappa shape index (κ1) is 19.5. The Kier molecular flexibility index (Phi) is 9.37. The summed E-state index contributed by atoms with van der Waals surface area (Å²) in [5.41, 5.74) is 3.33. The normalized spacial score (nSPS) is 14.3. The average molecular weight is 424 g/mol. The highest BCUT2D eigenvalue weighted by atomic mass is 127. The second-order valence-corrected chi connectivity index (χ2v) is 5.52. The lowest BCUT2D eigenvalue weighted by Crippen LogP contribution is -2.37. The van der Waals surface area contributed by atoms with Crippen molar-refractivity contribution in [2.75, 3.05) is 13.6 Å². The molecule has 1 aliphatic rings. The third kappa shape index (κ3) is 7.04. The molecule has 1 aliphatic carbocycles. The van der Waals surface area contributed by atoms with Crippen molar-refractivity contribution in [1.82, 2.24) is 10.6 Å². The summed E-state index contributed by atoms with van der Waals surface area (Å²) < 4.78 is 0. The van der Waals surface area contributed by atoms with E-state index in [2.05, 4.69) is 27.8 Å². The molecule has 5 heteroatoms. The number of rotatable bonds is 5. The molecule has 0 spiro atoms. The third-order valence-corrected chi connectivity index (χ3v) is 3.86. The van der Waals surface area contributed by atoms with Gasteiger partial charge in [0.15, 0.2) is 5.96 Å². The highest BCUT2D eigenvalue weighted by Crippen LogP contribution is 2.19. The number of allylic oxidation sites excluding steroid dienone is 1. The van der Waals surface area contributed by atoms with Gasteiger partial charge in [0.2, 0.25) is 0 Å². The van der Waals surface area contributed by atoms with E-state index >= 15 is 0 Å². The largest absolute Gasteiger partial charge is 0.356 e. The van der Waals surface area contributed by atoms with Gasteiger partial charge < -0.3 is 10.6 Å². The van der Waals surface area contributed by atoms with Crippen molar-refractivity contribution >= 4 is 29.9 Å². The molecule has 0 radical (unpaired) electrons. The van der Waals surface area contributed by atoms with Gasteiger partial charge in [-0.2, -0.15) is 5.26 Å². The van der Waals surface area contributed by atoms with Crippen molar-refractivity contribution in [3.63, 3.8) is 0 Å². The van der Waals surface area contributed by atoms with Crippen LogP contribution in [0, 0.1) is 11.3 Å². The molecule has 4 nitrogen and oxygen atoms in total. The summed E-state index contributed by atoms with van der Waals surface area (Å²) in [5, 5.41) is 15.5. The average Bonchev–Trinajstić information content (AvgIpc) is 2.59. The smallest absolute Gasteiger partial charge is 0.191 e. The minimum absolute atomic E-state index is 0. The lowest BCUT2D eigenvalue weighted by molar-refractivity contribution is 0.665. The van der Waals surface area contributed by atoms with E-state index in [9.17, 15) is 0 Å². The van der Waals surface area contributed by atoms with E-state index in [1.807, 2.05) is 24.3 Å². The number of nitrogens with zero attached hydrogens (tertiary/aromatic N) is 2. The monoisotopic (exact) mass is 424 g/mol. The molecule has 0 aromatic heterocycles. The fourth-order valence-electron chi connectivity index (χ4n) is 2.63. The van der Waals surface area contributed by atoms with Gasteiger partial charge in [0.25, 0.3) is 0 Å². The molecule has 0 heterocycles. The van der Waals surface area contributed by atoms with Crippen LogP contribution in [0.15, 0.2) is 40.9 Å². The second kappa shape index (κ2) is 11.1. The molecule has 1 aromatic carbocycles. The zero-order valence-corrected chi connectivity index (χ0v) is 16.0. The van der Waals surface area contributed by atoms with E-state index in [4.69, 9.17) is 5.26 Å². The van der Waals surface area contributed by atoms with Crippen LogP contribution in [-0.4, -0.2) is 19.6 Å². The standard InChI is InChI=1S/C18H24N4.HI/c1-20-18(21-11-10-15-6-3-2-4-7-15)22-14-17-9-5-8-16(12-17)13-19;/h5-6,8-9,12H,2-4,7,10-11,14H2,1H3,(H2,20,21,22);1H. The molecule has 0 amide bonds. The van der Waals surface area contributed by atoms with E-state index in [1.54, 1.807) is 12.6 Å². The summed E-state index contributed by atoms with van der Waals surface area (Å²) >= 11 is 0. The van der Waals surface area contributed by atoms with Crippen molar-refractivity contribution in [1.29, 1.82) is 5.26 Å². The highest BCUT2D eigenvalue weighted by Gasteiger charge is 2.04. The zero-order chi connectivity index (χ0) is 15.6. The zero-order valence-electron chi connectivity index (χ0n) is 13.6. The maximum atomic E-state index is 8.91. The van der Waals surface area contributed by atoms with Gasteiger partial charge in [0, 0.05) is 20.1 Å².